The van der Waals surface area contributed by atoms with Gasteiger partial charge in [-0.15, -0.1) is 0 Å². The monoisotopic (exact) mass is 259 g/mol. The predicted molar refractivity (Wildman–Crippen MR) is 65.2 cm³/mol. The van der Waals surface area contributed by atoms with Crippen LogP contribution in [-0.4, -0.2) is 22.4 Å². The van der Waals surface area contributed by atoms with Crippen LogP contribution in [0.15, 0.2) is 35.0 Å². The van der Waals surface area contributed by atoms with E-state index in [4.69, 9.17) is 14.4 Å². The van der Waals surface area contributed by atoms with Crippen molar-refractivity contribution in [2.45, 2.75) is 19.4 Å². The number of nitriles is 1. The van der Waals surface area contributed by atoms with E-state index in [9.17, 15) is 4.79 Å². The highest BCUT2D eigenvalue weighted by Crippen LogP contribution is 2.10. The summed E-state index contributed by atoms with van der Waals surface area (Å²) in [6, 6.07) is 7.09. The molecular weight excluding hydrogens is 246 g/mol. The Hall–Kier alpha value is -2.55. The first kappa shape index (κ1) is 12.9. The molecule has 0 fully saturated rings. The lowest BCUT2D eigenvalue weighted by atomic mass is 10.3. The zero-order valence-corrected chi connectivity index (χ0v) is 10.3. The Balaban J connectivity index is 1.86. The van der Waals surface area contributed by atoms with Gasteiger partial charge >= 0.3 is 5.97 Å². The summed E-state index contributed by atoms with van der Waals surface area (Å²) in [5.41, 5.74) is 0. The molecule has 2 aromatic rings. The van der Waals surface area contributed by atoms with Crippen molar-refractivity contribution in [3.05, 3.63) is 42.1 Å². The molecule has 6 nitrogen and oxygen atoms in total. The number of ether oxygens (including phenoxy) is 1. The summed E-state index contributed by atoms with van der Waals surface area (Å²) in [6.45, 7) is 0.691. The van der Waals surface area contributed by atoms with Gasteiger partial charge in [0.05, 0.1) is 19.2 Å². The zero-order chi connectivity index (χ0) is 13.5. The number of hydrogen-bond acceptors (Lipinski definition) is 5. The van der Waals surface area contributed by atoms with E-state index in [0.29, 0.717) is 25.1 Å². The highest BCUT2D eigenvalue weighted by atomic mass is 16.5. The second kappa shape index (κ2) is 6.40. The van der Waals surface area contributed by atoms with Crippen LogP contribution in [0.25, 0.3) is 0 Å². The van der Waals surface area contributed by atoms with E-state index in [2.05, 4.69) is 5.10 Å². The largest absolute Gasteiger partial charge is 0.460 e. The number of hydrogen-bond donors (Lipinski definition) is 0. The van der Waals surface area contributed by atoms with Gasteiger partial charge in [-0.3, -0.25) is 4.68 Å². The predicted octanol–water partition coefficient (Wildman–Crippen LogP) is 1.98. The van der Waals surface area contributed by atoms with Gasteiger partial charge in [0.1, 0.15) is 5.76 Å². The minimum Gasteiger partial charge on any atom is -0.460 e. The van der Waals surface area contributed by atoms with Crippen LogP contribution in [-0.2, 0) is 11.3 Å². The van der Waals surface area contributed by atoms with Crippen molar-refractivity contribution >= 4 is 5.97 Å². The van der Waals surface area contributed by atoms with Crippen molar-refractivity contribution in [3.8, 4) is 6.07 Å². The molecule has 0 aliphatic carbocycles. The van der Waals surface area contributed by atoms with Gasteiger partial charge in [0, 0.05) is 18.8 Å². The molecule has 19 heavy (non-hydrogen) atoms. The molecule has 0 saturated carbocycles. The van der Waals surface area contributed by atoms with Crippen LogP contribution in [0.1, 0.15) is 29.2 Å². The van der Waals surface area contributed by atoms with Crippen LogP contribution in [0, 0.1) is 11.3 Å². The number of aromatic nitrogens is 2. The fourth-order valence-electron chi connectivity index (χ4n) is 1.51. The van der Waals surface area contributed by atoms with Crippen molar-refractivity contribution in [1.82, 2.24) is 9.78 Å². The van der Waals surface area contributed by atoms with E-state index in [1.54, 1.807) is 23.0 Å². The second-order valence-corrected chi connectivity index (χ2v) is 3.87. The first-order valence-electron chi connectivity index (χ1n) is 5.90. The molecule has 0 saturated heterocycles. The van der Waals surface area contributed by atoms with Gasteiger partial charge < -0.3 is 9.15 Å². The Kier molecular flexibility index (Phi) is 4.34. The fraction of sp³-hybridized carbons (Fsp3) is 0.308. The Morgan fingerprint density at radius 2 is 2.42 bits per heavy atom. The molecule has 0 aromatic carbocycles. The van der Waals surface area contributed by atoms with Crippen molar-refractivity contribution in [1.29, 1.82) is 5.26 Å². The van der Waals surface area contributed by atoms with E-state index in [0.717, 1.165) is 0 Å². The third-order valence-corrected chi connectivity index (χ3v) is 2.41. The summed E-state index contributed by atoms with van der Waals surface area (Å²) < 4.78 is 12.0. The van der Waals surface area contributed by atoms with E-state index >= 15 is 0 Å². The summed E-state index contributed by atoms with van der Waals surface area (Å²) in [7, 11) is 0. The van der Waals surface area contributed by atoms with Crippen LogP contribution < -0.4 is 0 Å². The van der Waals surface area contributed by atoms with E-state index < -0.39 is 5.97 Å². The average Bonchev–Trinajstić information content (AvgIpc) is 3.06. The van der Waals surface area contributed by atoms with Crippen LogP contribution in [0.3, 0.4) is 0 Å². The maximum Gasteiger partial charge on any atom is 0.374 e. The second-order valence-electron chi connectivity index (χ2n) is 3.87. The SMILES string of the molecule is N#CCCCOC(=O)c1ccc(Cn2cccn2)o1. The van der Waals surface area contributed by atoms with Crippen LogP contribution >= 0.6 is 0 Å². The zero-order valence-electron chi connectivity index (χ0n) is 10.3. The maximum absolute atomic E-state index is 11.6. The Morgan fingerprint density at radius 3 is 3.16 bits per heavy atom. The molecule has 6 heteroatoms. The third-order valence-electron chi connectivity index (χ3n) is 2.41. The van der Waals surface area contributed by atoms with Crippen LogP contribution in [0.5, 0.6) is 0 Å². The topological polar surface area (TPSA) is 81.0 Å². The first-order valence-corrected chi connectivity index (χ1v) is 5.90. The molecule has 2 rings (SSSR count). The molecule has 2 aromatic heterocycles. The number of furan rings is 1. The molecule has 0 atom stereocenters. The molecule has 0 radical (unpaired) electrons. The smallest absolute Gasteiger partial charge is 0.374 e. The van der Waals surface area contributed by atoms with Gasteiger partial charge in [-0.1, -0.05) is 0 Å². The number of rotatable bonds is 6. The Morgan fingerprint density at radius 1 is 1.53 bits per heavy atom. The Labute approximate surface area is 110 Å². The Bertz CT molecular complexity index is 566. The fourth-order valence-corrected chi connectivity index (χ4v) is 1.51. The van der Waals surface area contributed by atoms with Gasteiger partial charge in [-0.2, -0.15) is 10.4 Å². The minimum absolute atomic E-state index is 0.166. The molecule has 0 bridgehead atoms. The minimum atomic E-state index is -0.510. The lowest BCUT2D eigenvalue weighted by molar-refractivity contribution is 0.0463. The summed E-state index contributed by atoms with van der Waals surface area (Å²) in [5, 5.41) is 12.4. The average molecular weight is 259 g/mol. The number of carbonyl (C=O) groups is 1. The molecule has 98 valence electrons. The van der Waals surface area contributed by atoms with Crippen LogP contribution in [0.2, 0.25) is 0 Å². The lowest BCUT2D eigenvalue weighted by Crippen LogP contribution is -2.05. The first-order chi connectivity index (χ1) is 9.29. The van der Waals surface area contributed by atoms with Gasteiger partial charge in [-0.25, -0.2) is 4.79 Å². The van der Waals surface area contributed by atoms with Crippen molar-refractivity contribution in [2.75, 3.05) is 6.61 Å². The van der Waals surface area contributed by atoms with Crippen molar-refractivity contribution in [2.24, 2.45) is 0 Å². The van der Waals surface area contributed by atoms with Gasteiger partial charge in [0.25, 0.3) is 0 Å². The van der Waals surface area contributed by atoms with Crippen molar-refractivity contribution < 1.29 is 13.9 Å². The maximum atomic E-state index is 11.6. The van der Waals surface area contributed by atoms with E-state index in [-0.39, 0.29) is 12.4 Å². The molecule has 0 spiro atoms. The molecule has 0 N–H and O–H groups in total. The number of carbonyl (C=O) groups excluding carboxylic acids is 1. The van der Waals surface area contributed by atoms with E-state index in [1.165, 1.54) is 0 Å². The summed E-state index contributed by atoms with van der Waals surface area (Å²) in [6.07, 6.45) is 4.38. The standard InChI is InChI=1S/C13H13N3O3/c14-6-1-2-9-18-13(17)12-5-4-11(19-12)10-16-8-3-7-15-16/h3-5,7-8H,1-2,9-10H2. The van der Waals surface area contributed by atoms with Crippen molar-refractivity contribution in [3.63, 3.8) is 0 Å². The molecule has 2 heterocycles. The lowest BCUT2D eigenvalue weighted by Gasteiger charge is -2.00. The van der Waals surface area contributed by atoms with Gasteiger partial charge in [0.2, 0.25) is 5.76 Å². The summed E-state index contributed by atoms with van der Waals surface area (Å²) in [5.74, 6) is 0.288. The number of esters is 1. The number of nitrogens with zero attached hydrogens (tertiary/aromatic N) is 3. The quantitative estimate of drug-likeness (QED) is 0.585. The van der Waals surface area contributed by atoms with Crippen LogP contribution in [0.4, 0.5) is 0 Å². The third kappa shape index (κ3) is 3.71. The summed E-state index contributed by atoms with van der Waals surface area (Å²) >= 11 is 0. The molecular formula is C13H13N3O3. The summed E-state index contributed by atoms with van der Waals surface area (Å²) in [4.78, 5) is 11.6. The van der Waals surface area contributed by atoms with Gasteiger partial charge in [-0.05, 0) is 24.6 Å². The molecule has 0 aliphatic heterocycles. The van der Waals surface area contributed by atoms with Gasteiger partial charge in [0.15, 0.2) is 0 Å². The highest BCUT2D eigenvalue weighted by molar-refractivity contribution is 5.86. The molecule has 0 unspecified atom stereocenters. The highest BCUT2D eigenvalue weighted by Gasteiger charge is 2.12. The van der Waals surface area contributed by atoms with E-state index in [1.807, 2.05) is 18.3 Å². The number of unbranched alkanes of at least 4 members (excludes halogenated alkanes) is 1. The molecule has 0 amide bonds. The normalized spacial score (nSPS) is 10.1. The molecule has 0 aliphatic rings.